The van der Waals surface area contributed by atoms with E-state index in [9.17, 15) is 0 Å². The van der Waals surface area contributed by atoms with E-state index >= 15 is 0 Å². The van der Waals surface area contributed by atoms with Crippen LogP contribution in [0.25, 0.3) is 0 Å². The smallest absolute Gasteiger partial charge is 0.0587 e. The molecule has 0 saturated heterocycles. The number of nitrogens with one attached hydrogen (secondary N) is 1. The van der Waals surface area contributed by atoms with Crippen molar-refractivity contribution in [3.63, 3.8) is 0 Å². The highest BCUT2D eigenvalue weighted by Gasteiger charge is 1.95. The van der Waals surface area contributed by atoms with Crippen LogP contribution in [0.5, 0.6) is 0 Å². The summed E-state index contributed by atoms with van der Waals surface area (Å²) in [5, 5.41) is 3.33. The summed E-state index contributed by atoms with van der Waals surface area (Å²) < 4.78 is 4.98. The Labute approximate surface area is 102 Å². The zero-order valence-electron chi connectivity index (χ0n) is 9.74. The van der Waals surface area contributed by atoms with E-state index in [1.165, 1.54) is 10.5 Å². The first-order valence-corrected chi connectivity index (χ1v) is 6.37. The van der Waals surface area contributed by atoms with Crippen molar-refractivity contribution >= 4 is 11.8 Å². The van der Waals surface area contributed by atoms with E-state index in [2.05, 4.69) is 36.2 Å². The lowest BCUT2D eigenvalue weighted by atomic mass is 10.2. The standard InChI is InChI=1S/C13H19NOS/c1-3-9-16-13-6-4-5-12(10-13)11-14-7-8-15-2/h3-6,10,14H,1,7-9,11H2,2H3. The third-order valence-electron chi connectivity index (χ3n) is 2.08. The van der Waals surface area contributed by atoms with E-state index in [4.69, 9.17) is 4.74 Å². The Kier molecular flexibility index (Phi) is 6.97. The quantitative estimate of drug-likeness (QED) is 0.427. The molecule has 0 saturated carbocycles. The summed E-state index contributed by atoms with van der Waals surface area (Å²) in [6.45, 7) is 6.26. The molecule has 1 N–H and O–H groups in total. The van der Waals surface area contributed by atoms with Gasteiger partial charge in [0.15, 0.2) is 0 Å². The molecule has 0 unspecified atom stereocenters. The van der Waals surface area contributed by atoms with E-state index in [-0.39, 0.29) is 0 Å². The summed E-state index contributed by atoms with van der Waals surface area (Å²) in [5.74, 6) is 0.959. The fraction of sp³-hybridized carbons (Fsp3) is 0.385. The molecular formula is C13H19NOS. The lowest BCUT2D eigenvalue weighted by Gasteiger charge is -2.06. The Hall–Kier alpha value is -0.770. The molecule has 1 rings (SSSR count). The third-order valence-corrected chi connectivity index (χ3v) is 3.07. The van der Waals surface area contributed by atoms with Crippen molar-refractivity contribution in [1.29, 1.82) is 0 Å². The maximum Gasteiger partial charge on any atom is 0.0587 e. The van der Waals surface area contributed by atoms with Gasteiger partial charge < -0.3 is 10.1 Å². The van der Waals surface area contributed by atoms with Crippen LogP contribution >= 0.6 is 11.8 Å². The van der Waals surface area contributed by atoms with E-state index in [1.807, 2.05) is 17.8 Å². The third kappa shape index (κ3) is 5.35. The van der Waals surface area contributed by atoms with Crippen molar-refractivity contribution < 1.29 is 4.74 Å². The van der Waals surface area contributed by atoms with E-state index in [0.29, 0.717) is 0 Å². The van der Waals surface area contributed by atoms with Crippen LogP contribution in [0.2, 0.25) is 0 Å². The van der Waals surface area contributed by atoms with E-state index in [1.54, 1.807) is 7.11 Å². The molecule has 0 aromatic heterocycles. The molecule has 0 bridgehead atoms. The molecule has 1 aromatic carbocycles. The minimum Gasteiger partial charge on any atom is -0.383 e. The van der Waals surface area contributed by atoms with Crippen molar-refractivity contribution in [2.75, 3.05) is 26.0 Å². The van der Waals surface area contributed by atoms with Crippen molar-refractivity contribution in [1.82, 2.24) is 5.32 Å². The fourth-order valence-electron chi connectivity index (χ4n) is 1.31. The van der Waals surface area contributed by atoms with Gasteiger partial charge in [0.1, 0.15) is 0 Å². The molecule has 0 aliphatic heterocycles. The molecule has 3 heteroatoms. The predicted molar refractivity (Wildman–Crippen MR) is 70.9 cm³/mol. The summed E-state index contributed by atoms with van der Waals surface area (Å²) in [6.07, 6.45) is 1.92. The summed E-state index contributed by atoms with van der Waals surface area (Å²) in [4.78, 5) is 1.30. The highest BCUT2D eigenvalue weighted by atomic mass is 32.2. The van der Waals surface area contributed by atoms with Gasteiger partial charge in [0, 0.05) is 30.8 Å². The molecule has 0 heterocycles. The molecule has 2 nitrogen and oxygen atoms in total. The van der Waals surface area contributed by atoms with E-state index < -0.39 is 0 Å². The molecule has 0 atom stereocenters. The maximum atomic E-state index is 4.98. The highest BCUT2D eigenvalue weighted by molar-refractivity contribution is 7.99. The van der Waals surface area contributed by atoms with Gasteiger partial charge in [-0.05, 0) is 17.7 Å². The molecular weight excluding hydrogens is 218 g/mol. The van der Waals surface area contributed by atoms with Crippen LogP contribution in [0.4, 0.5) is 0 Å². The second kappa shape index (κ2) is 8.39. The molecule has 16 heavy (non-hydrogen) atoms. The van der Waals surface area contributed by atoms with Crippen molar-refractivity contribution in [2.45, 2.75) is 11.4 Å². The minimum atomic E-state index is 0.755. The highest BCUT2D eigenvalue weighted by Crippen LogP contribution is 2.18. The van der Waals surface area contributed by atoms with Crippen molar-refractivity contribution in [3.05, 3.63) is 42.5 Å². The Morgan fingerprint density at radius 3 is 3.12 bits per heavy atom. The average Bonchev–Trinajstić information content (AvgIpc) is 2.33. The van der Waals surface area contributed by atoms with Gasteiger partial charge in [-0.15, -0.1) is 18.3 Å². The first kappa shape index (κ1) is 13.3. The molecule has 0 fully saturated rings. The van der Waals surface area contributed by atoms with Crippen LogP contribution in [0.15, 0.2) is 41.8 Å². The SMILES string of the molecule is C=CCSc1cccc(CNCCOC)c1. The van der Waals surface area contributed by atoms with Crippen LogP contribution in [-0.2, 0) is 11.3 Å². The summed E-state index contributed by atoms with van der Waals surface area (Å²) >= 11 is 1.81. The zero-order valence-corrected chi connectivity index (χ0v) is 10.6. The molecule has 0 aliphatic rings. The Bertz CT molecular complexity index is 315. The van der Waals surface area contributed by atoms with Gasteiger partial charge >= 0.3 is 0 Å². The first-order chi connectivity index (χ1) is 7.86. The minimum absolute atomic E-state index is 0.755. The Morgan fingerprint density at radius 1 is 1.50 bits per heavy atom. The average molecular weight is 237 g/mol. The van der Waals surface area contributed by atoms with Crippen molar-refractivity contribution in [3.8, 4) is 0 Å². The van der Waals surface area contributed by atoms with Crippen LogP contribution in [-0.4, -0.2) is 26.0 Å². The van der Waals surface area contributed by atoms with Crippen molar-refractivity contribution in [2.24, 2.45) is 0 Å². The Balaban J connectivity index is 2.37. The summed E-state index contributed by atoms with van der Waals surface area (Å²) in [5.41, 5.74) is 1.31. The molecule has 0 radical (unpaired) electrons. The van der Waals surface area contributed by atoms with Gasteiger partial charge in [-0.1, -0.05) is 18.2 Å². The number of hydrogen-bond acceptors (Lipinski definition) is 3. The Morgan fingerprint density at radius 2 is 2.38 bits per heavy atom. The number of ether oxygens (including phenoxy) is 1. The zero-order chi connectivity index (χ0) is 11.6. The normalized spacial score (nSPS) is 10.3. The van der Waals surface area contributed by atoms with Crippen LogP contribution < -0.4 is 5.32 Å². The number of benzene rings is 1. The van der Waals surface area contributed by atoms with E-state index in [0.717, 1.165) is 25.4 Å². The summed E-state index contributed by atoms with van der Waals surface area (Å²) in [7, 11) is 1.72. The summed E-state index contributed by atoms with van der Waals surface area (Å²) in [6, 6.07) is 8.58. The van der Waals surface area contributed by atoms with Gasteiger partial charge in [0.25, 0.3) is 0 Å². The molecule has 1 aromatic rings. The first-order valence-electron chi connectivity index (χ1n) is 5.39. The predicted octanol–water partition coefficient (Wildman–Crippen LogP) is 2.70. The number of rotatable bonds is 8. The van der Waals surface area contributed by atoms with Crippen LogP contribution in [0.3, 0.4) is 0 Å². The molecule has 0 amide bonds. The molecule has 88 valence electrons. The largest absolute Gasteiger partial charge is 0.383 e. The fourth-order valence-corrected chi connectivity index (χ4v) is 2.03. The van der Waals surface area contributed by atoms with Gasteiger partial charge in [-0.3, -0.25) is 0 Å². The maximum absolute atomic E-state index is 4.98. The molecule has 0 aliphatic carbocycles. The second-order valence-electron chi connectivity index (χ2n) is 3.42. The van der Waals surface area contributed by atoms with Gasteiger partial charge in [-0.25, -0.2) is 0 Å². The van der Waals surface area contributed by atoms with Gasteiger partial charge in [-0.2, -0.15) is 0 Å². The number of hydrogen-bond donors (Lipinski definition) is 1. The van der Waals surface area contributed by atoms with Crippen LogP contribution in [0, 0.1) is 0 Å². The van der Waals surface area contributed by atoms with Gasteiger partial charge in [0.05, 0.1) is 6.61 Å². The number of methoxy groups -OCH3 is 1. The number of thioether (sulfide) groups is 1. The topological polar surface area (TPSA) is 21.3 Å². The van der Waals surface area contributed by atoms with Gasteiger partial charge in [0.2, 0.25) is 0 Å². The second-order valence-corrected chi connectivity index (χ2v) is 4.51. The van der Waals surface area contributed by atoms with Crippen LogP contribution in [0.1, 0.15) is 5.56 Å². The monoisotopic (exact) mass is 237 g/mol. The lowest BCUT2D eigenvalue weighted by molar-refractivity contribution is 0.199. The molecule has 0 spiro atoms. The lowest BCUT2D eigenvalue weighted by Crippen LogP contribution is -2.18.